The fraction of sp³-hybridized carbons (Fsp3) is 0.320. The van der Waals surface area contributed by atoms with Crippen LogP contribution in [0, 0.1) is 0 Å². The number of H-pyrrole nitrogens is 1. The first-order valence-electron chi connectivity index (χ1n) is 10.9. The second kappa shape index (κ2) is 9.36. The molecule has 0 radical (unpaired) electrons. The molecule has 1 aliphatic rings. The summed E-state index contributed by atoms with van der Waals surface area (Å²) in [6.45, 7) is 3.48. The van der Waals surface area contributed by atoms with E-state index in [0.29, 0.717) is 17.4 Å². The molecule has 4 rings (SSSR count). The van der Waals surface area contributed by atoms with Gasteiger partial charge in [-0.15, -0.1) is 0 Å². The fourth-order valence-electron chi connectivity index (χ4n) is 4.33. The highest BCUT2D eigenvalue weighted by Gasteiger charge is 2.25. The van der Waals surface area contributed by atoms with Crippen LogP contribution < -0.4 is 10.6 Å². The van der Waals surface area contributed by atoms with Crippen LogP contribution in [0.3, 0.4) is 0 Å². The molecular weight excluding hydrogens is 402 g/mol. The largest absolute Gasteiger partial charge is 0.348 e. The van der Waals surface area contributed by atoms with E-state index in [1.54, 1.807) is 0 Å². The van der Waals surface area contributed by atoms with Gasteiger partial charge < -0.3 is 15.5 Å². The highest BCUT2D eigenvalue weighted by molar-refractivity contribution is 6.06. The molecule has 0 saturated heterocycles. The van der Waals surface area contributed by atoms with E-state index >= 15 is 0 Å². The summed E-state index contributed by atoms with van der Waals surface area (Å²) in [5, 5.41) is 14.0. The number of hydrogen-bond donors (Lipinski definition) is 3. The van der Waals surface area contributed by atoms with Gasteiger partial charge in [0.25, 0.3) is 5.91 Å². The van der Waals surface area contributed by atoms with E-state index in [4.69, 9.17) is 0 Å². The zero-order valence-electron chi connectivity index (χ0n) is 18.5. The van der Waals surface area contributed by atoms with Crippen LogP contribution in [-0.4, -0.2) is 53.1 Å². The van der Waals surface area contributed by atoms with E-state index in [1.807, 2.05) is 42.5 Å². The zero-order chi connectivity index (χ0) is 22.7. The van der Waals surface area contributed by atoms with E-state index in [1.165, 1.54) is 6.08 Å². The predicted octanol–water partition coefficient (Wildman–Crippen LogP) is 3.96. The van der Waals surface area contributed by atoms with Gasteiger partial charge in [0.15, 0.2) is 5.69 Å². The van der Waals surface area contributed by atoms with Crippen molar-refractivity contribution >= 4 is 28.4 Å². The molecule has 166 valence electrons. The van der Waals surface area contributed by atoms with Crippen molar-refractivity contribution in [3.05, 3.63) is 60.8 Å². The Morgan fingerprint density at radius 1 is 1.09 bits per heavy atom. The summed E-state index contributed by atoms with van der Waals surface area (Å²) in [6.07, 6.45) is 5.36. The molecule has 7 nitrogen and oxygen atoms in total. The minimum Gasteiger partial charge on any atom is -0.348 e. The molecule has 0 atom stereocenters. The summed E-state index contributed by atoms with van der Waals surface area (Å²) in [7, 11) is 4.22. The molecule has 0 unspecified atom stereocenters. The summed E-state index contributed by atoms with van der Waals surface area (Å²) in [5.74, 6) is -0.403. The first kappa shape index (κ1) is 21.8. The van der Waals surface area contributed by atoms with E-state index in [9.17, 15) is 9.59 Å². The van der Waals surface area contributed by atoms with Gasteiger partial charge in [-0.25, -0.2) is 0 Å². The normalized spacial score (nSPS) is 18.5. The first-order chi connectivity index (χ1) is 15.4. The summed E-state index contributed by atoms with van der Waals surface area (Å²) in [4.78, 5) is 26.9. The van der Waals surface area contributed by atoms with Crippen LogP contribution in [-0.2, 0) is 4.79 Å². The molecular formula is C25H29N5O2. The zero-order valence-corrected chi connectivity index (χ0v) is 18.5. The van der Waals surface area contributed by atoms with Crippen molar-refractivity contribution in [2.24, 2.45) is 0 Å². The second-order valence-corrected chi connectivity index (χ2v) is 8.55. The van der Waals surface area contributed by atoms with Crippen molar-refractivity contribution < 1.29 is 9.59 Å². The van der Waals surface area contributed by atoms with Crippen molar-refractivity contribution in [2.75, 3.05) is 19.4 Å². The summed E-state index contributed by atoms with van der Waals surface area (Å²) < 4.78 is 0. The molecule has 0 aliphatic heterocycles. The van der Waals surface area contributed by atoms with Crippen molar-refractivity contribution in [3.8, 4) is 11.1 Å². The van der Waals surface area contributed by atoms with Gasteiger partial charge in [-0.3, -0.25) is 14.7 Å². The number of fused-ring (bicyclic) bond motifs is 1. The number of carbonyl (C=O) groups excluding carboxylic acids is 2. The lowest BCUT2D eigenvalue weighted by atomic mass is 9.90. The molecule has 1 heterocycles. The maximum absolute atomic E-state index is 13.0. The molecule has 1 saturated carbocycles. The standard InChI is InChI=1S/C25H29N5O2/c1-4-23(31)26-19-7-5-6-16(14-19)17-8-13-22-21(15-17)24(29-28-22)25(32)27-18-9-11-20(12-10-18)30(2)3/h4-8,13-15,18,20H,1,9-12H2,2-3H3,(H,26,31)(H,27,32)(H,28,29). The molecule has 1 aliphatic carbocycles. The van der Waals surface area contributed by atoms with Crippen LogP contribution in [0.4, 0.5) is 5.69 Å². The quantitative estimate of drug-likeness (QED) is 0.516. The highest BCUT2D eigenvalue weighted by atomic mass is 16.2. The van der Waals surface area contributed by atoms with Gasteiger partial charge >= 0.3 is 0 Å². The Morgan fingerprint density at radius 2 is 1.84 bits per heavy atom. The highest BCUT2D eigenvalue weighted by Crippen LogP contribution is 2.28. The molecule has 0 spiro atoms. The second-order valence-electron chi connectivity index (χ2n) is 8.55. The average Bonchev–Trinajstić information content (AvgIpc) is 3.23. The molecule has 1 aromatic heterocycles. The molecule has 2 amide bonds. The van der Waals surface area contributed by atoms with Gasteiger partial charge in [-0.1, -0.05) is 24.8 Å². The fourth-order valence-corrected chi connectivity index (χ4v) is 4.33. The smallest absolute Gasteiger partial charge is 0.272 e. The van der Waals surface area contributed by atoms with Gasteiger partial charge in [0, 0.05) is 23.2 Å². The molecule has 2 aromatic carbocycles. The number of anilines is 1. The topological polar surface area (TPSA) is 90.1 Å². The number of hydrogen-bond acceptors (Lipinski definition) is 4. The van der Waals surface area contributed by atoms with Crippen LogP contribution in [0.25, 0.3) is 22.0 Å². The molecule has 7 heteroatoms. The van der Waals surface area contributed by atoms with E-state index in [0.717, 1.165) is 47.7 Å². The Kier molecular flexibility index (Phi) is 6.37. The monoisotopic (exact) mass is 431 g/mol. The predicted molar refractivity (Wildman–Crippen MR) is 128 cm³/mol. The lowest BCUT2D eigenvalue weighted by Crippen LogP contribution is -2.41. The first-order valence-corrected chi connectivity index (χ1v) is 10.9. The average molecular weight is 432 g/mol. The van der Waals surface area contributed by atoms with Crippen LogP contribution >= 0.6 is 0 Å². The number of carbonyl (C=O) groups is 2. The third kappa shape index (κ3) is 4.73. The Labute approximate surface area is 187 Å². The number of aromatic amines is 1. The van der Waals surface area contributed by atoms with Crippen LogP contribution in [0.1, 0.15) is 36.2 Å². The number of benzene rings is 2. The van der Waals surface area contributed by atoms with Crippen LogP contribution in [0.15, 0.2) is 55.1 Å². The Morgan fingerprint density at radius 3 is 2.56 bits per heavy atom. The number of aromatic nitrogens is 2. The van der Waals surface area contributed by atoms with Gasteiger partial charge in [0.1, 0.15) is 0 Å². The van der Waals surface area contributed by atoms with Gasteiger partial charge in [0.2, 0.25) is 5.91 Å². The van der Waals surface area contributed by atoms with Crippen molar-refractivity contribution in [1.82, 2.24) is 20.4 Å². The number of nitrogens with one attached hydrogen (secondary N) is 3. The maximum Gasteiger partial charge on any atom is 0.272 e. The van der Waals surface area contributed by atoms with Crippen molar-refractivity contribution in [3.63, 3.8) is 0 Å². The minimum absolute atomic E-state index is 0.145. The SMILES string of the molecule is C=CC(=O)Nc1cccc(-c2ccc3[nH]nc(C(=O)NC4CCC(N(C)C)CC4)c3c2)c1. The Hall–Kier alpha value is -3.45. The molecule has 0 bridgehead atoms. The Bertz CT molecular complexity index is 1140. The third-order valence-electron chi connectivity index (χ3n) is 6.19. The van der Waals surface area contributed by atoms with Crippen LogP contribution in [0.2, 0.25) is 0 Å². The number of amides is 2. The van der Waals surface area contributed by atoms with E-state index in [2.05, 4.69) is 46.4 Å². The lowest BCUT2D eigenvalue weighted by Gasteiger charge is -2.32. The summed E-state index contributed by atoms with van der Waals surface area (Å²) >= 11 is 0. The summed E-state index contributed by atoms with van der Waals surface area (Å²) in [6, 6.07) is 14.2. The van der Waals surface area contributed by atoms with E-state index in [-0.39, 0.29) is 17.9 Å². The van der Waals surface area contributed by atoms with Crippen molar-refractivity contribution in [2.45, 2.75) is 37.8 Å². The van der Waals surface area contributed by atoms with Crippen molar-refractivity contribution in [1.29, 1.82) is 0 Å². The van der Waals surface area contributed by atoms with Crippen LogP contribution in [0.5, 0.6) is 0 Å². The molecule has 3 aromatic rings. The molecule has 3 N–H and O–H groups in total. The van der Waals surface area contributed by atoms with Gasteiger partial charge in [-0.05, 0) is 81.2 Å². The molecule has 32 heavy (non-hydrogen) atoms. The summed E-state index contributed by atoms with van der Waals surface area (Å²) in [5.41, 5.74) is 3.78. The molecule has 1 fully saturated rings. The van der Waals surface area contributed by atoms with Gasteiger partial charge in [0.05, 0.1) is 5.52 Å². The van der Waals surface area contributed by atoms with E-state index < -0.39 is 0 Å². The lowest BCUT2D eigenvalue weighted by molar-refractivity contribution is -0.111. The number of rotatable bonds is 6. The third-order valence-corrected chi connectivity index (χ3v) is 6.19. The van der Waals surface area contributed by atoms with Gasteiger partial charge in [-0.2, -0.15) is 5.10 Å². The maximum atomic E-state index is 13.0. The Balaban J connectivity index is 1.53. The number of nitrogens with zero attached hydrogens (tertiary/aromatic N) is 2. The minimum atomic E-state index is -0.258.